The topological polar surface area (TPSA) is 0 Å². The third kappa shape index (κ3) is 7.84. The second-order valence-corrected chi connectivity index (χ2v) is 4.01. The molecule has 0 saturated carbocycles. The minimum absolute atomic E-state index is 0.769. The van der Waals surface area contributed by atoms with Gasteiger partial charge in [-0.1, -0.05) is 52.2 Å². The normalized spacial score (nSPS) is 10.7. The predicted octanol–water partition coefficient (Wildman–Crippen LogP) is 4.37. The van der Waals surface area contributed by atoms with Crippen LogP contribution in [0, 0.1) is 12.8 Å². The molecule has 0 aliphatic heterocycles. The molecule has 0 N–H and O–H groups in total. The van der Waals surface area contributed by atoms with Crippen LogP contribution in [0.2, 0.25) is 0 Å². The zero-order chi connectivity index (χ0) is 9.40. The van der Waals surface area contributed by atoms with Gasteiger partial charge in [-0.25, -0.2) is 0 Å². The molecule has 0 atom stereocenters. The Bertz CT molecular complexity index is 111. The fourth-order valence-electron chi connectivity index (χ4n) is 1.41. The molecule has 1 radical (unpaired) electrons. The first-order valence-corrected chi connectivity index (χ1v) is 5.12. The first-order valence-electron chi connectivity index (χ1n) is 5.12. The molecule has 0 nitrogen and oxygen atoms in total. The lowest BCUT2D eigenvalue weighted by Gasteiger charge is -2.07. The molecule has 0 bridgehead atoms. The maximum atomic E-state index is 4.08. The van der Waals surface area contributed by atoms with E-state index in [1.54, 1.807) is 0 Å². The number of hydrogen-bond donors (Lipinski definition) is 0. The zero-order valence-corrected chi connectivity index (χ0v) is 8.73. The first-order chi connectivity index (χ1) is 5.66. The molecular weight excluding hydrogens is 144 g/mol. The molecule has 0 aliphatic carbocycles. The van der Waals surface area contributed by atoms with Gasteiger partial charge in [-0.2, -0.15) is 0 Å². The lowest BCUT2D eigenvalue weighted by atomic mass is 9.99. The summed E-state index contributed by atoms with van der Waals surface area (Å²) in [6.07, 6.45) is 7.40. The van der Waals surface area contributed by atoms with Crippen molar-refractivity contribution < 1.29 is 0 Å². The standard InChI is InChI=1S/C12H23/c1-5-6-7-8-9-12(4)10-11(2)3/h11H,1,4-10H2,2-3H3. The molecule has 0 amide bonds. The van der Waals surface area contributed by atoms with E-state index in [9.17, 15) is 0 Å². The molecule has 12 heavy (non-hydrogen) atoms. The van der Waals surface area contributed by atoms with E-state index in [0.717, 1.165) is 12.3 Å². The summed E-state index contributed by atoms with van der Waals surface area (Å²) in [5.74, 6) is 0.769. The molecule has 0 fully saturated rings. The number of hydrogen-bond acceptors (Lipinski definition) is 0. The van der Waals surface area contributed by atoms with E-state index in [2.05, 4.69) is 27.4 Å². The van der Waals surface area contributed by atoms with Crippen LogP contribution in [0.25, 0.3) is 0 Å². The highest BCUT2D eigenvalue weighted by molar-refractivity contribution is 4.94. The Balaban J connectivity index is 3.20. The van der Waals surface area contributed by atoms with Gasteiger partial charge in [0.05, 0.1) is 0 Å². The second kappa shape index (κ2) is 7.39. The van der Waals surface area contributed by atoms with Gasteiger partial charge in [-0.3, -0.25) is 0 Å². The molecule has 0 aliphatic rings. The van der Waals surface area contributed by atoms with Crippen molar-refractivity contribution in [2.24, 2.45) is 5.92 Å². The van der Waals surface area contributed by atoms with Crippen LogP contribution in [0.15, 0.2) is 12.2 Å². The number of unbranched alkanes of at least 4 members (excludes halogenated alkanes) is 3. The van der Waals surface area contributed by atoms with E-state index in [1.165, 1.54) is 37.7 Å². The molecular formula is C12H23. The maximum absolute atomic E-state index is 4.08. The predicted molar refractivity (Wildman–Crippen MR) is 57.0 cm³/mol. The van der Waals surface area contributed by atoms with Gasteiger partial charge >= 0.3 is 0 Å². The molecule has 0 aromatic heterocycles. The molecule has 0 unspecified atom stereocenters. The summed E-state index contributed by atoms with van der Waals surface area (Å²) in [7, 11) is 0. The summed E-state index contributed by atoms with van der Waals surface area (Å²) in [6.45, 7) is 12.4. The Kier molecular flexibility index (Phi) is 7.23. The van der Waals surface area contributed by atoms with Gasteiger partial charge in [0.1, 0.15) is 0 Å². The van der Waals surface area contributed by atoms with Crippen molar-refractivity contribution in [1.29, 1.82) is 0 Å². The Morgan fingerprint density at radius 3 is 2.33 bits per heavy atom. The molecule has 0 saturated heterocycles. The number of rotatable bonds is 7. The smallest absolute Gasteiger partial charge is 0.0300 e. The van der Waals surface area contributed by atoms with Crippen LogP contribution in [0.4, 0.5) is 0 Å². The summed E-state index contributed by atoms with van der Waals surface area (Å²) in [4.78, 5) is 0. The Morgan fingerprint density at radius 1 is 1.17 bits per heavy atom. The van der Waals surface area contributed by atoms with Gasteiger partial charge in [0.25, 0.3) is 0 Å². The largest absolute Gasteiger partial charge is 0.0999 e. The molecule has 0 spiro atoms. The van der Waals surface area contributed by atoms with Gasteiger partial charge in [0.15, 0.2) is 0 Å². The summed E-state index contributed by atoms with van der Waals surface area (Å²) in [5.41, 5.74) is 1.43. The quantitative estimate of drug-likeness (QED) is 0.390. The average molecular weight is 167 g/mol. The molecule has 71 valence electrons. The fraction of sp³-hybridized carbons (Fsp3) is 0.750. The van der Waals surface area contributed by atoms with Crippen LogP contribution in [0.3, 0.4) is 0 Å². The Hall–Kier alpha value is -0.260. The lowest BCUT2D eigenvalue weighted by Crippen LogP contribution is -1.90. The molecule has 0 aromatic rings. The van der Waals surface area contributed by atoms with Crippen LogP contribution < -0.4 is 0 Å². The van der Waals surface area contributed by atoms with E-state index in [4.69, 9.17) is 0 Å². The highest BCUT2D eigenvalue weighted by Gasteiger charge is 1.98. The molecule has 0 aromatic carbocycles. The van der Waals surface area contributed by atoms with Crippen molar-refractivity contribution in [3.05, 3.63) is 19.1 Å². The van der Waals surface area contributed by atoms with E-state index >= 15 is 0 Å². The van der Waals surface area contributed by atoms with E-state index < -0.39 is 0 Å². The maximum Gasteiger partial charge on any atom is -0.0300 e. The zero-order valence-electron chi connectivity index (χ0n) is 8.73. The van der Waals surface area contributed by atoms with Crippen molar-refractivity contribution in [3.63, 3.8) is 0 Å². The minimum Gasteiger partial charge on any atom is -0.0999 e. The van der Waals surface area contributed by atoms with Gasteiger partial charge < -0.3 is 0 Å². The minimum atomic E-state index is 0.769. The highest BCUT2D eigenvalue weighted by Crippen LogP contribution is 2.15. The van der Waals surface area contributed by atoms with Gasteiger partial charge in [0.2, 0.25) is 0 Å². The monoisotopic (exact) mass is 167 g/mol. The summed E-state index contributed by atoms with van der Waals surface area (Å²) in [6, 6.07) is 0. The van der Waals surface area contributed by atoms with Crippen LogP contribution in [-0.4, -0.2) is 0 Å². The lowest BCUT2D eigenvalue weighted by molar-refractivity contribution is 0.603. The SMILES string of the molecule is [CH2]CCCCCC(=C)CC(C)C. The van der Waals surface area contributed by atoms with Crippen LogP contribution in [-0.2, 0) is 0 Å². The van der Waals surface area contributed by atoms with Gasteiger partial charge in [-0.15, -0.1) is 0 Å². The highest BCUT2D eigenvalue weighted by atomic mass is 14.0. The summed E-state index contributed by atoms with van der Waals surface area (Å²) < 4.78 is 0. The fourth-order valence-corrected chi connectivity index (χ4v) is 1.41. The first kappa shape index (κ1) is 11.7. The van der Waals surface area contributed by atoms with Crippen molar-refractivity contribution in [2.75, 3.05) is 0 Å². The van der Waals surface area contributed by atoms with Gasteiger partial charge in [0, 0.05) is 0 Å². The Labute approximate surface area is 78.1 Å². The molecule has 0 rings (SSSR count). The van der Waals surface area contributed by atoms with Crippen LogP contribution >= 0.6 is 0 Å². The third-order valence-corrected chi connectivity index (χ3v) is 1.98. The van der Waals surface area contributed by atoms with Crippen LogP contribution in [0.1, 0.15) is 52.4 Å². The van der Waals surface area contributed by atoms with Gasteiger partial charge in [-0.05, 0) is 25.2 Å². The van der Waals surface area contributed by atoms with Crippen molar-refractivity contribution in [2.45, 2.75) is 52.4 Å². The third-order valence-electron chi connectivity index (χ3n) is 1.98. The number of allylic oxidation sites excluding steroid dienone is 1. The Morgan fingerprint density at radius 2 is 1.83 bits per heavy atom. The summed E-state index contributed by atoms with van der Waals surface area (Å²) in [5, 5.41) is 0. The molecule has 0 heterocycles. The van der Waals surface area contributed by atoms with Crippen molar-refractivity contribution >= 4 is 0 Å². The molecule has 0 heteroatoms. The van der Waals surface area contributed by atoms with Crippen LogP contribution in [0.5, 0.6) is 0 Å². The van der Waals surface area contributed by atoms with E-state index in [1.807, 2.05) is 0 Å². The average Bonchev–Trinajstić information content (AvgIpc) is 1.97. The van der Waals surface area contributed by atoms with Crippen molar-refractivity contribution in [1.82, 2.24) is 0 Å². The van der Waals surface area contributed by atoms with E-state index in [-0.39, 0.29) is 0 Å². The second-order valence-electron chi connectivity index (χ2n) is 4.01. The van der Waals surface area contributed by atoms with Crippen molar-refractivity contribution in [3.8, 4) is 0 Å². The van der Waals surface area contributed by atoms with E-state index in [0.29, 0.717) is 0 Å². The summed E-state index contributed by atoms with van der Waals surface area (Å²) >= 11 is 0.